The second kappa shape index (κ2) is 6.04. The van der Waals surface area contributed by atoms with Gasteiger partial charge in [0.05, 0.1) is 5.69 Å². The third-order valence-corrected chi connectivity index (χ3v) is 4.93. The van der Waals surface area contributed by atoms with Gasteiger partial charge in [0.2, 0.25) is 0 Å². The highest BCUT2D eigenvalue weighted by molar-refractivity contribution is 5.19. The minimum atomic E-state index is 0.728. The molecule has 0 spiro atoms. The fourth-order valence-electron chi connectivity index (χ4n) is 3.60. The van der Waals surface area contributed by atoms with Crippen molar-refractivity contribution in [3.05, 3.63) is 29.6 Å². The van der Waals surface area contributed by atoms with Crippen molar-refractivity contribution in [3.63, 3.8) is 0 Å². The Bertz CT molecular complexity index is 411. The van der Waals surface area contributed by atoms with Crippen molar-refractivity contribution >= 4 is 0 Å². The zero-order valence-electron chi connectivity index (χ0n) is 12.1. The highest BCUT2D eigenvalue weighted by Gasteiger charge is 2.34. The maximum absolute atomic E-state index is 4.54. The first-order valence-corrected chi connectivity index (χ1v) is 8.03. The van der Waals surface area contributed by atoms with Crippen LogP contribution in [0.15, 0.2) is 18.3 Å². The maximum atomic E-state index is 4.54. The number of rotatable bonds is 5. The molecule has 0 bridgehead atoms. The smallest absolute Gasteiger partial charge is 0.0573 e. The predicted octanol–water partition coefficient (Wildman–Crippen LogP) is 3.70. The van der Waals surface area contributed by atoms with Crippen LogP contribution in [0.5, 0.6) is 0 Å². The molecular weight excluding hydrogens is 232 g/mol. The van der Waals surface area contributed by atoms with E-state index in [-0.39, 0.29) is 0 Å². The molecule has 2 unspecified atom stereocenters. The van der Waals surface area contributed by atoms with E-state index < -0.39 is 0 Å². The highest BCUT2D eigenvalue weighted by Crippen LogP contribution is 2.43. The lowest BCUT2D eigenvalue weighted by molar-refractivity contribution is 0.259. The molecule has 1 N–H and O–H groups in total. The Balaban J connectivity index is 1.53. The standard InChI is InChI=1S/C17H26N2/c1-2-13-6-4-10-18-17(13)12-19-16-7-3-5-15(11-16)14-8-9-14/h4,6,10,14-16,19H,2-3,5,7-9,11-12H2,1H3. The van der Waals surface area contributed by atoms with Gasteiger partial charge in [0.25, 0.3) is 0 Å². The topological polar surface area (TPSA) is 24.9 Å². The first kappa shape index (κ1) is 13.1. The number of aryl methyl sites for hydroxylation is 1. The summed E-state index contributed by atoms with van der Waals surface area (Å²) >= 11 is 0. The molecule has 2 saturated carbocycles. The zero-order valence-corrected chi connectivity index (χ0v) is 12.1. The Kier molecular flexibility index (Phi) is 4.17. The molecule has 0 aliphatic heterocycles. The summed E-state index contributed by atoms with van der Waals surface area (Å²) in [7, 11) is 0. The molecule has 2 heteroatoms. The molecule has 0 amide bonds. The third kappa shape index (κ3) is 3.36. The van der Waals surface area contributed by atoms with Gasteiger partial charge in [-0.15, -0.1) is 0 Å². The van der Waals surface area contributed by atoms with Crippen molar-refractivity contribution in [2.45, 2.75) is 64.5 Å². The minimum Gasteiger partial charge on any atom is -0.308 e. The van der Waals surface area contributed by atoms with E-state index in [0.29, 0.717) is 0 Å². The fraction of sp³-hybridized carbons (Fsp3) is 0.706. The Morgan fingerprint density at radius 3 is 2.89 bits per heavy atom. The summed E-state index contributed by atoms with van der Waals surface area (Å²) in [5.41, 5.74) is 2.64. The molecule has 1 aromatic rings. The van der Waals surface area contributed by atoms with Crippen LogP contribution in [0.2, 0.25) is 0 Å². The van der Waals surface area contributed by atoms with Crippen LogP contribution in [0.3, 0.4) is 0 Å². The van der Waals surface area contributed by atoms with Crippen molar-refractivity contribution in [2.75, 3.05) is 0 Å². The molecule has 2 nitrogen and oxygen atoms in total. The van der Waals surface area contributed by atoms with E-state index in [1.165, 1.54) is 49.8 Å². The van der Waals surface area contributed by atoms with Gasteiger partial charge in [0.15, 0.2) is 0 Å². The number of hydrogen-bond acceptors (Lipinski definition) is 2. The first-order chi connectivity index (χ1) is 9.36. The van der Waals surface area contributed by atoms with E-state index in [2.05, 4.69) is 23.3 Å². The van der Waals surface area contributed by atoms with E-state index in [1.807, 2.05) is 12.3 Å². The summed E-state index contributed by atoms with van der Waals surface area (Å²) in [5.74, 6) is 2.09. The molecule has 2 fully saturated rings. The Morgan fingerprint density at radius 1 is 1.21 bits per heavy atom. The maximum Gasteiger partial charge on any atom is 0.0573 e. The van der Waals surface area contributed by atoms with E-state index in [0.717, 1.165) is 30.8 Å². The van der Waals surface area contributed by atoms with Gasteiger partial charge in [-0.05, 0) is 55.6 Å². The fourth-order valence-corrected chi connectivity index (χ4v) is 3.60. The molecule has 0 saturated heterocycles. The number of aromatic nitrogens is 1. The normalized spacial score (nSPS) is 27.4. The molecule has 3 rings (SSSR count). The Labute approximate surface area is 117 Å². The summed E-state index contributed by atoms with van der Waals surface area (Å²) in [6.45, 7) is 3.16. The van der Waals surface area contributed by atoms with E-state index in [4.69, 9.17) is 0 Å². The first-order valence-electron chi connectivity index (χ1n) is 8.03. The molecule has 19 heavy (non-hydrogen) atoms. The van der Waals surface area contributed by atoms with Crippen molar-refractivity contribution < 1.29 is 0 Å². The lowest BCUT2D eigenvalue weighted by Gasteiger charge is -2.30. The average Bonchev–Trinajstić information content (AvgIpc) is 3.30. The molecular formula is C17H26N2. The van der Waals surface area contributed by atoms with Gasteiger partial charge in [0.1, 0.15) is 0 Å². The predicted molar refractivity (Wildman–Crippen MR) is 78.9 cm³/mol. The van der Waals surface area contributed by atoms with Crippen LogP contribution in [0.4, 0.5) is 0 Å². The van der Waals surface area contributed by atoms with E-state index in [9.17, 15) is 0 Å². The van der Waals surface area contributed by atoms with Crippen molar-refractivity contribution in [2.24, 2.45) is 11.8 Å². The SMILES string of the molecule is CCc1cccnc1CNC1CCCC(C2CC2)C1. The minimum absolute atomic E-state index is 0.728. The molecule has 2 atom stereocenters. The molecule has 0 radical (unpaired) electrons. The van der Waals surface area contributed by atoms with E-state index >= 15 is 0 Å². The lowest BCUT2D eigenvalue weighted by Crippen LogP contribution is -2.34. The van der Waals surface area contributed by atoms with Gasteiger partial charge in [-0.3, -0.25) is 4.98 Å². The van der Waals surface area contributed by atoms with Crippen LogP contribution in [0.1, 0.15) is 56.7 Å². The molecule has 2 aliphatic carbocycles. The summed E-state index contributed by atoms with van der Waals surface area (Å²) in [4.78, 5) is 4.54. The molecule has 1 heterocycles. The van der Waals surface area contributed by atoms with Crippen LogP contribution < -0.4 is 5.32 Å². The number of nitrogens with one attached hydrogen (secondary N) is 1. The molecule has 0 aromatic carbocycles. The zero-order chi connectivity index (χ0) is 13.1. The Hall–Kier alpha value is -0.890. The van der Waals surface area contributed by atoms with E-state index in [1.54, 1.807) is 0 Å². The van der Waals surface area contributed by atoms with Gasteiger partial charge in [0, 0.05) is 18.8 Å². The largest absolute Gasteiger partial charge is 0.308 e. The van der Waals surface area contributed by atoms with Gasteiger partial charge < -0.3 is 5.32 Å². The second-order valence-corrected chi connectivity index (χ2v) is 6.30. The summed E-state index contributed by atoms with van der Waals surface area (Å²) in [5, 5.41) is 3.76. The summed E-state index contributed by atoms with van der Waals surface area (Å²) in [6, 6.07) is 4.98. The number of pyridine rings is 1. The van der Waals surface area contributed by atoms with Crippen LogP contribution in [-0.2, 0) is 13.0 Å². The molecule has 2 aliphatic rings. The summed E-state index contributed by atoms with van der Waals surface area (Å²) in [6.07, 6.45) is 11.7. The highest BCUT2D eigenvalue weighted by atomic mass is 14.9. The molecule has 104 valence electrons. The number of nitrogens with zero attached hydrogens (tertiary/aromatic N) is 1. The van der Waals surface area contributed by atoms with Gasteiger partial charge in [-0.2, -0.15) is 0 Å². The van der Waals surface area contributed by atoms with Gasteiger partial charge >= 0.3 is 0 Å². The van der Waals surface area contributed by atoms with Crippen LogP contribution >= 0.6 is 0 Å². The van der Waals surface area contributed by atoms with Gasteiger partial charge in [-0.25, -0.2) is 0 Å². The quantitative estimate of drug-likeness (QED) is 0.871. The van der Waals surface area contributed by atoms with Gasteiger partial charge in [-0.1, -0.05) is 25.8 Å². The van der Waals surface area contributed by atoms with Crippen LogP contribution in [0, 0.1) is 11.8 Å². The Morgan fingerprint density at radius 2 is 2.11 bits per heavy atom. The lowest BCUT2D eigenvalue weighted by atomic mass is 9.82. The molecule has 1 aromatic heterocycles. The summed E-state index contributed by atoms with van der Waals surface area (Å²) < 4.78 is 0. The monoisotopic (exact) mass is 258 g/mol. The van der Waals surface area contributed by atoms with Crippen molar-refractivity contribution in [1.82, 2.24) is 10.3 Å². The van der Waals surface area contributed by atoms with Crippen LogP contribution in [-0.4, -0.2) is 11.0 Å². The second-order valence-electron chi connectivity index (χ2n) is 6.30. The van der Waals surface area contributed by atoms with Crippen molar-refractivity contribution in [1.29, 1.82) is 0 Å². The number of hydrogen-bond donors (Lipinski definition) is 1. The average molecular weight is 258 g/mol. The van der Waals surface area contributed by atoms with Crippen LogP contribution in [0.25, 0.3) is 0 Å². The van der Waals surface area contributed by atoms with Crippen molar-refractivity contribution in [3.8, 4) is 0 Å². The third-order valence-electron chi connectivity index (χ3n) is 4.93.